The Kier molecular flexibility index (Phi) is 15.6. The first kappa shape index (κ1) is 62.7. The quantitative estimate of drug-likeness (QED) is 0.0794. The number of aliphatic hydroxyl groups excluding tert-OH is 6. The van der Waals surface area contributed by atoms with Crippen LogP contribution in [0.3, 0.4) is 0 Å². The van der Waals surface area contributed by atoms with E-state index in [4.69, 9.17) is 57.9 Å². The van der Waals surface area contributed by atoms with Gasteiger partial charge in [-0.25, -0.2) is 30.1 Å². The molecule has 490 valence electrons. The molecule has 0 aromatic rings. The molecule has 8 bridgehead atoms. The summed E-state index contributed by atoms with van der Waals surface area (Å²) in [5.41, 5.74) is 11.9. The summed E-state index contributed by atoms with van der Waals surface area (Å²) in [5, 5.41) is 97.4. The maximum absolute atomic E-state index is 11.8. The number of phosphoric acid groups is 1. The highest BCUT2D eigenvalue weighted by Crippen LogP contribution is 2.49. The molecule has 6 radical (unpaired) electrons. The van der Waals surface area contributed by atoms with E-state index in [1.54, 1.807) is 30.5 Å². The lowest BCUT2D eigenvalue weighted by Crippen LogP contribution is -3.00. The van der Waals surface area contributed by atoms with E-state index in [1.807, 2.05) is 88.6 Å². The number of ether oxygens (including phenoxy) is 8. The molecule has 0 aliphatic carbocycles. The Hall–Kier alpha value is -0.760. The molecule has 18 rings (SSSR count). The zero-order valence-electron chi connectivity index (χ0n) is 48.6. The third kappa shape index (κ3) is 9.36. The van der Waals surface area contributed by atoms with Crippen molar-refractivity contribution in [3.63, 3.8) is 0 Å². The van der Waals surface area contributed by atoms with Crippen LogP contribution in [0.5, 0.6) is 0 Å². The maximum Gasteiger partial charge on any atom is 0.249 e. The van der Waals surface area contributed by atoms with Crippen molar-refractivity contribution in [1.29, 1.82) is 0 Å². The van der Waals surface area contributed by atoms with Crippen molar-refractivity contribution in [3.05, 3.63) is 0 Å². The summed E-state index contributed by atoms with van der Waals surface area (Å²) in [6.45, 7) is -0.995. The van der Waals surface area contributed by atoms with Crippen molar-refractivity contribution >= 4 is 65.2 Å². The largest absolute Gasteiger partial charge is 0.790 e. The first-order valence-electron chi connectivity index (χ1n) is 29.6. The highest BCUT2D eigenvalue weighted by Gasteiger charge is 2.71. The molecule has 0 aromatic heterocycles. The highest BCUT2D eigenvalue weighted by atomic mass is 31.2. The van der Waals surface area contributed by atoms with Gasteiger partial charge in [-0.15, -0.1) is 42.6 Å². The van der Waals surface area contributed by atoms with Crippen LogP contribution in [0.15, 0.2) is 0 Å². The molecule has 0 saturated carbocycles. The van der Waals surface area contributed by atoms with Gasteiger partial charge in [0.05, 0.1) is 77.0 Å². The summed E-state index contributed by atoms with van der Waals surface area (Å²) in [4.78, 5) is 48.1. The van der Waals surface area contributed by atoms with Crippen LogP contribution in [0.2, 0.25) is 0 Å². The van der Waals surface area contributed by atoms with E-state index in [0.29, 0.717) is 26.7 Å². The molecule has 18 saturated heterocycles. The fourth-order valence-electron chi connectivity index (χ4n) is 16.1. The number of hydrazine groups is 18. The van der Waals surface area contributed by atoms with Crippen LogP contribution in [-0.2, 0) is 51.5 Å². The molecule has 18 fully saturated rings. The predicted octanol–water partition coefficient (Wildman–Crippen LogP) is -17.7. The van der Waals surface area contributed by atoms with E-state index in [-0.39, 0.29) is 25.9 Å². The smallest absolute Gasteiger partial charge is 0.249 e. The Morgan fingerprint density at radius 2 is 0.989 bits per heavy atom. The van der Waals surface area contributed by atoms with Crippen molar-refractivity contribution in [2.24, 2.45) is 0 Å². The van der Waals surface area contributed by atoms with E-state index in [1.165, 1.54) is 0 Å². The fraction of sp³-hybridized carbons (Fsp3) is 0.974. The summed E-state index contributed by atoms with van der Waals surface area (Å²) in [7, 11) is 15.8. The highest BCUT2D eigenvalue weighted by molar-refractivity contribution is 7.56. The van der Waals surface area contributed by atoms with Crippen molar-refractivity contribution < 1.29 is 102 Å². The van der Waals surface area contributed by atoms with Gasteiger partial charge < -0.3 is 111 Å². The Morgan fingerprint density at radius 3 is 1.50 bits per heavy atom. The number of hydrogen-bond donors (Lipinski definition) is 11. The van der Waals surface area contributed by atoms with Crippen LogP contribution in [-0.4, -0.2) is 416 Å². The SMILES string of the molecule is [B]B1C2OC(COP(=C)([O-])O)C(OC3[C@H]([C@H]1N1[B]C4OC(COC5[C@@H]1N1CN6N(CN51)N1NNN61)C(O)C4O)N(C)N3C)C2O.[B]B1C2OC(COP(=O)([O-])[O-])C(OC3C([C@H]1N1[B]C4OC(CO[C@@H]5C1N(C)N5C)C(O)C4O)N1CN4N(CN31)N1NNN41)C2O. The lowest BCUT2D eigenvalue weighted by molar-refractivity contribution is -0.650. The topological polar surface area (TPSA) is 427 Å². The zero-order valence-corrected chi connectivity index (χ0v) is 50.4. The molecular weight excluding hydrogens is 1240 g/mol. The molecule has 18 heterocycles. The van der Waals surface area contributed by atoms with Crippen molar-refractivity contribution in [2.75, 3.05) is 81.3 Å². The zero-order chi connectivity index (χ0) is 62.5. The average Bonchev–Trinajstić information content (AvgIpc) is 0.858. The van der Waals surface area contributed by atoms with Gasteiger partial charge in [-0.1, -0.05) is 6.30 Å². The number of phosphoric ester groups is 1. The van der Waals surface area contributed by atoms with Gasteiger partial charge in [-0.3, -0.25) is 0 Å². The molecule has 0 spiro atoms. The number of nitrogens with zero attached hydrogens (tertiary/aromatic N) is 18. The molecule has 0 aromatic carbocycles. The van der Waals surface area contributed by atoms with Crippen LogP contribution in [0, 0.1) is 0 Å². The number of fused-ring (bicyclic) bond motifs is 26. The van der Waals surface area contributed by atoms with Crippen LogP contribution in [0.25, 0.3) is 0 Å². The first-order chi connectivity index (χ1) is 42.8. The minimum absolute atomic E-state index is 0.0524. The molecule has 22 unspecified atom stereocenters. The number of hydrogen-bond acceptors (Lipinski definition) is 43. The van der Waals surface area contributed by atoms with Gasteiger partial charge in [-0.2, -0.15) is 10.0 Å². The van der Waals surface area contributed by atoms with Crippen LogP contribution >= 0.6 is 15.4 Å². The molecule has 43 nitrogen and oxygen atoms in total. The van der Waals surface area contributed by atoms with E-state index in [0.717, 1.165) is 0 Å². The average molecular weight is 1310 g/mol. The van der Waals surface area contributed by atoms with Crippen LogP contribution in [0.4, 0.5) is 0 Å². The molecular formula is C39H67B6N22O21P2-3. The first-order valence-corrected chi connectivity index (χ1v) is 32.9. The summed E-state index contributed by atoms with van der Waals surface area (Å²) < 4.78 is 71.3. The van der Waals surface area contributed by atoms with Gasteiger partial charge in [0.2, 0.25) is 14.8 Å². The monoisotopic (exact) mass is 1310 g/mol. The van der Waals surface area contributed by atoms with Crippen LogP contribution < -0.4 is 36.8 Å². The Labute approximate surface area is 518 Å². The number of nitrogens with one attached hydrogen (secondary N) is 4. The summed E-state index contributed by atoms with van der Waals surface area (Å²) >= 11 is 0. The van der Waals surface area contributed by atoms with Crippen molar-refractivity contribution in [3.8, 4) is 0 Å². The molecule has 18 aliphatic rings. The molecule has 51 heteroatoms. The molecule has 18 aliphatic heterocycles. The second-order valence-corrected chi connectivity index (χ2v) is 28.1. The third-order valence-electron chi connectivity index (χ3n) is 20.9. The summed E-state index contributed by atoms with van der Waals surface area (Å²) in [6.07, 6.45) is -12.6. The van der Waals surface area contributed by atoms with Gasteiger partial charge in [0.1, 0.15) is 118 Å². The molecule has 90 heavy (non-hydrogen) atoms. The Bertz CT molecular complexity index is 2880. The van der Waals surface area contributed by atoms with Gasteiger partial charge >= 0.3 is 0 Å². The Balaban J connectivity index is 0.000000139. The van der Waals surface area contributed by atoms with E-state index < -0.39 is 188 Å². The summed E-state index contributed by atoms with van der Waals surface area (Å²) in [6, 6.07) is -4.60. The second-order valence-electron chi connectivity index (χ2n) is 25.5. The fourth-order valence-corrected chi connectivity index (χ4v) is 16.8. The van der Waals surface area contributed by atoms with E-state index in [9.17, 15) is 54.8 Å². The summed E-state index contributed by atoms with van der Waals surface area (Å²) in [5.74, 6) is -1.29. The number of rotatable bonds is 8. The van der Waals surface area contributed by atoms with E-state index in [2.05, 4.69) is 48.0 Å². The van der Waals surface area contributed by atoms with Crippen molar-refractivity contribution in [2.45, 2.75) is 158 Å². The molecule has 27 atom stereocenters. The minimum atomic E-state index is -5.34. The van der Waals surface area contributed by atoms with Gasteiger partial charge in [0, 0.05) is 51.2 Å². The van der Waals surface area contributed by atoms with Gasteiger partial charge in [0.25, 0.3) is 0 Å². The minimum Gasteiger partial charge on any atom is -0.790 e. The van der Waals surface area contributed by atoms with Crippen LogP contribution in [0.1, 0.15) is 0 Å². The standard InChI is InChI=1S/C20H35B3N11O10P.C19H34B3N11O11P/c1-26-10-16(23(21)17-13(37)14(44-19(10)27(26)2)9(43-17)5-41-45(3,38)39)32-18-20(40-4-8-11(35)12(36)15(22-32)42-8)29-7-31-30(6-28(18)29)33-24-25-34(31)33;1-25-17-19(26(25)2)40-3-7-10(34)11(35)14(42-7)21-31(17)15-9-18(28-6-30-29(5-27(9)28)32-23-24-33(30)32)44-13-8(4-41-45(37,38)39)43-16(12(13)36)22(15)20/h8-20,24-25,35-37H,3-7H2,1-2H3,(H-,38,39);7-19,23-24,34-36H,3-6H2,1-2H3,(H2,37,38,39)/q-1;/p-2/t8?,9?,10-,11?,12?,13?,14?,15?,16+,17?,18+,19?,20?;7?,8?,9?,10?,11?,12?,13?,14?,15-,16?,17?,18?,19-/m01/s1. The normalized spacial score (nSPS) is 50.6. The third-order valence-corrected chi connectivity index (χ3v) is 21.9. The van der Waals surface area contributed by atoms with Gasteiger partial charge in [-0.05, 0) is 32.8 Å². The molecule has 11 N–H and O–H groups in total. The van der Waals surface area contributed by atoms with Gasteiger partial charge in [0.15, 0.2) is 25.7 Å². The Morgan fingerprint density at radius 1 is 0.544 bits per heavy atom. The second kappa shape index (κ2) is 22.4. The number of aliphatic hydroxyl groups is 6. The maximum atomic E-state index is 11.8. The number of likely N-dealkylation sites (N-methyl/N-ethyl adjacent to an activating group) is 4. The van der Waals surface area contributed by atoms with E-state index >= 15 is 0 Å². The molecule has 0 amide bonds. The lowest BCUT2D eigenvalue weighted by Gasteiger charge is -2.74. The predicted molar refractivity (Wildman–Crippen MR) is 289 cm³/mol. The lowest BCUT2D eigenvalue weighted by atomic mass is 9.23. The van der Waals surface area contributed by atoms with Crippen molar-refractivity contribution in [1.82, 2.24) is 113 Å².